The molecule has 0 spiro atoms. The lowest BCUT2D eigenvalue weighted by Crippen LogP contribution is -2.23. The number of methoxy groups -OCH3 is 1. The van der Waals surface area contributed by atoms with Crippen molar-refractivity contribution >= 4 is 17.7 Å². The van der Waals surface area contributed by atoms with E-state index in [0.29, 0.717) is 16.9 Å². The van der Waals surface area contributed by atoms with E-state index in [1.54, 1.807) is 55.6 Å². The normalized spacial score (nSPS) is 10.7. The molecule has 0 aliphatic heterocycles. The van der Waals surface area contributed by atoms with E-state index < -0.39 is 10.8 Å². The highest BCUT2D eigenvalue weighted by atomic mass is 16.6. The van der Waals surface area contributed by atoms with Crippen LogP contribution in [0, 0.1) is 21.4 Å². The van der Waals surface area contributed by atoms with Gasteiger partial charge in [-0.1, -0.05) is 36.4 Å². The van der Waals surface area contributed by atoms with Gasteiger partial charge >= 0.3 is 0 Å². The maximum absolute atomic E-state index is 12.4. The number of ether oxygens (including phenoxy) is 2. The Morgan fingerprint density at radius 2 is 1.76 bits per heavy atom. The van der Waals surface area contributed by atoms with Gasteiger partial charge < -0.3 is 14.8 Å². The highest BCUT2D eigenvalue weighted by Gasteiger charge is 2.09. The van der Waals surface area contributed by atoms with E-state index in [0.717, 1.165) is 11.3 Å². The molecule has 0 unspecified atom stereocenters. The van der Waals surface area contributed by atoms with Gasteiger partial charge in [0.25, 0.3) is 11.6 Å². The maximum atomic E-state index is 12.4. The van der Waals surface area contributed by atoms with E-state index in [2.05, 4.69) is 5.32 Å². The third kappa shape index (κ3) is 6.67. The minimum absolute atomic E-state index is 0.00545. The number of amides is 1. The third-order valence-corrected chi connectivity index (χ3v) is 4.70. The molecule has 166 valence electrons. The Hall–Kier alpha value is -4.64. The molecule has 0 fully saturated rings. The number of nitro benzene ring substituents is 1. The number of benzene rings is 3. The van der Waals surface area contributed by atoms with Crippen molar-refractivity contribution in [1.82, 2.24) is 5.32 Å². The molecule has 3 rings (SSSR count). The molecule has 33 heavy (non-hydrogen) atoms. The molecular weight excluding hydrogens is 422 g/mol. The number of nitrogens with zero attached hydrogens (tertiary/aromatic N) is 2. The van der Waals surface area contributed by atoms with Gasteiger partial charge in [-0.25, -0.2) is 0 Å². The van der Waals surface area contributed by atoms with E-state index in [9.17, 15) is 20.2 Å². The minimum Gasteiger partial charge on any atom is -0.497 e. The number of nitriles is 1. The van der Waals surface area contributed by atoms with Crippen molar-refractivity contribution in [2.24, 2.45) is 0 Å². The van der Waals surface area contributed by atoms with Gasteiger partial charge in [0.1, 0.15) is 29.7 Å². The van der Waals surface area contributed by atoms with Gasteiger partial charge in [-0.15, -0.1) is 0 Å². The molecule has 0 aliphatic rings. The number of carbonyl (C=O) groups excluding carboxylic acids is 1. The molecule has 0 heterocycles. The number of hydrogen-bond acceptors (Lipinski definition) is 6. The van der Waals surface area contributed by atoms with Crippen molar-refractivity contribution in [2.75, 3.05) is 7.11 Å². The molecule has 1 N–H and O–H groups in total. The quantitative estimate of drug-likeness (QED) is 0.227. The van der Waals surface area contributed by atoms with Gasteiger partial charge in [0.2, 0.25) is 0 Å². The van der Waals surface area contributed by atoms with E-state index in [-0.39, 0.29) is 24.4 Å². The molecule has 3 aromatic carbocycles. The van der Waals surface area contributed by atoms with Crippen molar-refractivity contribution in [3.8, 4) is 17.6 Å². The maximum Gasteiger partial charge on any atom is 0.269 e. The Bertz CT molecular complexity index is 1200. The van der Waals surface area contributed by atoms with Crippen molar-refractivity contribution in [1.29, 1.82) is 5.26 Å². The minimum atomic E-state index is -0.473. The van der Waals surface area contributed by atoms with E-state index in [1.807, 2.05) is 18.2 Å². The number of nitro groups is 1. The zero-order valence-electron chi connectivity index (χ0n) is 17.9. The lowest BCUT2D eigenvalue weighted by Gasteiger charge is -2.07. The Balaban J connectivity index is 1.58. The summed E-state index contributed by atoms with van der Waals surface area (Å²) in [6.45, 7) is 0.459. The molecule has 0 atom stereocenters. The Morgan fingerprint density at radius 1 is 1.06 bits per heavy atom. The van der Waals surface area contributed by atoms with Gasteiger partial charge in [-0.05, 0) is 47.0 Å². The predicted molar refractivity (Wildman–Crippen MR) is 122 cm³/mol. The number of carbonyl (C=O) groups is 1. The first kappa shape index (κ1) is 23.0. The highest BCUT2D eigenvalue weighted by Crippen LogP contribution is 2.18. The molecule has 8 heteroatoms. The van der Waals surface area contributed by atoms with Crippen LogP contribution in [-0.4, -0.2) is 17.9 Å². The van der Waals surface area contributed by atoms with Crippen LogP contribution in [0.2, 0.25) is 0 Å². The second-order valence-electron chi connectivity index (χ2n) is 6.99. The van der Waals surface area contributed by atoms with E-state index in [4.69, 9.17) is 9.47 Å². The van der Waals surface area contributed by atoms with Crippen LogP contribution in [0.15, 0.2) is 78.4 Å². The molecule has 8 nitrogen and oxygen atoms in total. The van der Waals surface area contributed by atoms with Crippen LogP contribution in [0.3, 0.4) is 0 Å². The van der Waals surface area contributed by atoms with Crippen LogP contribution in [0.25, 0.3) is 6.08 Å². The van der Waals surface area contributed by atoms with Gasteiger partial charge in [-0.3, -0.25) is 14.9 Å². The van der Waals surface area contributed by atoms with Crippen LogP contribution in [0.4, 0.5) is 5.69 Å². The van der Waals surface area contributed by atoms with Crippen molar-refractivity contribution in [2.45, 2.75) is 13.2 Å². The summed E-state index contributed by atoms with van der Waals surface area (Å²) in [5.74, 6) is 0.806. The molecule has 3 aromatic rings. The summed E-state index contributed by atoms with van der Waals surface area (Å²) in [7, 11) is 1.58. The predicted octanol–water partition coefficient (Wildman–Crippen LogP) is 4.41. The number of rotatable bonds is 9. The van der Waals surface area contributed by atoms with Crippen molar-refractivity contribution in [3.63, 3.8) is 0 Å². The molecule has 0 radical (unpaired) electrons. The molecule has 1 amide bonds. The third-order valence-electron chi connectivity index (χ3n) is 4.70. The average molecular weight is 443 g/mol. The zero-order valence-corrected chi connectivity index (χ0v) is 17.9. The Morgan fingerprint density at radius 3 is 2.39 bits per heavy atom. The highest BCUT2D eigenvalue weighted by molar-refractivity contribution is 6.01. The van der Waals surface area contributed by atoms with Crippen LogP contribution in [0.5, 0.6) is 11.5 Å². The van der Waals surface area contributed by atoms with Crippen molar-refractivity contribution in [3.05, 3.63) is 105 Å². The SMILES string of the molecule is COc1ccc(CNC(=O)/C(C#N)=C\c2ccc(OCc3cccc([N+](=O)[O-])c3)cc2)cc1. The second kappa shape index (κ2) is 11.1. The molecular formula is C25H21N3O5. The summed E-state index contributed by atoms with van der Waals surface area (Å²) >= 11 is 0. The molecule has 0 bridgehead atoms. The first-order valence-corrected chi connectivity index (χ1v) is 9.97. The first-order chi connectivity index (χ1) is 16.0. The van der Waals surface area contributed by atoms with Crippen LogP contribution >= 0.6 is 0 Å². The second-order valence-corrected chi connectivity index (χ2v) is 6.99. The summed E-state index contributed by atoms with van der Waals surface area (Å²) < 4.78 is 10.8. The summed E-state index contributed by atoms with van der Waals surface area (Å²) in [5.41, 5.74) is 2.20. The van der Waals surface area contributed by atoms with Crippen LogP contribution < -0.4 is 14.8 Å². The summed E-state index contributed by atoms with van der Waals surface area (Å²) in [4.78, 5) is 22.8. The van der Waals surface area contributed by atoms with Crippen LogP contribution in [0.1, 0.15) is 16.7 Å². The summed E-state index contributed by atoms with van der Waals surface area (Å²) in [5, 5.41) is 23.0. The lowest BCUT2D eigenvalue weighted by atomic mass is 10.1. The fourth-order valence-electron chi connectivity index (χ4n) is 2.92. The monoisotopic (exact) mass is 443 g/mol. The smallest absolute Gasteiger partial charge is 0.269 e. The zero-order chi connectivity index (χ0) is 23.6. The summed E-state index contributed by atoms with van der Waals surface area (Å²) in [6.07, 6.45) is 1.49. The Labute approximate surface area is 190 Å². The summed E-state index contributed by atoms with van der Waals surface area (Å²) in [6, 6.07) is 22.3. The fraction of sp³-hybridized carbons (Fsp3) is 0.120. The standard InChI is InChI=1S/C25H21N3O5/c1-32-23-9-7-19(8-10-23)16-27-25(29)21(15-26)13-18-5-11-24(12-6-18)33-17-20-3-2-4-22(14-20)28(30)31/h2-14H,16-17H2,1H3,(H,27,29)/b21-13-. The first-order valence-electron chi connectivity index (χ1n) is 9.97. The number of nitrogens with one attached hydrogen (secondary N) is 1. The van der Waals surface area contributed by atoms with Gasteiger partial charge in [0.15, 0.2) is 0 Å². The van der Waals surface area contributed by atoms with E-state index >= 15 is 0 Å². The van der Waals surface area contributed by atoms with Crippen LogP contribution in [-0.2, 0) is 17.9 Å². The number of hydrogen-bond donors (Lipinski definition) is 1. The largest absolute Gasteiger partial charge is 0.497 e. The number of non-ortho nitro benzene ring substituents is 1. The average Bonchev–Trinajstić information content (AvgIpc) is 2.85. The van der Waals surface area contributed by atoms with Gasteiger partial charge in [0.05, 0.1) is 12.0 Å². The molecule has 0 aliphatic carbocycles. The lowest BCUT2D eigenvalue weighted by molar-refractivity contribution is -0.384. The molecule has 0 aromatic heterocycles. The molecule has 0 saturated heterocycles. The van der Waals surface area contributed by atoms with Gasteiger partial charge in [-0.2, -0.15) is 5.26 Å². The Kier molecular flexibility index (Phi) is 7.76. The molecule has 0 saturated carbocycles. The van der Waals surface area contributed by atoms with Crippen molar-refractivity contribution < 1.29 is 19.2 Å². The fourth-order valence-corrected chi connectivity index (χ4v) is 2.92. The van der Waals surface area contributed by atoms with Gasteiger partial charge in [0, 0.05) is 18.7 Å². The topological polar surface area (TPSA) is 114 Å². The van der Waals surface area contributed by atoms with E-state index in [1.165, 1.54) is 18.2 Å².